The maximum atomic E-state index is 12.3. The molecule has 0 spiro atoms. The van der Waals surface area contributed by atoms with Gasteiger partial charge in [-0.05, 0) is 42.7 Å². The molecular formula is C19H21N3O2. The molecule has 5 nitrogen and oxygen atoms in total. The molecule has 2 amide bonds. The number of amides is 2. The lowest BCUT2D eigenvalue weighted by Gasteiger charge is -2.10. The highest BCUT2D eigenvalue weighted by atomic mass is 16.2. The van der Waals surface area contributed by atoms with Crippen LogP contribution in [0.3, 0.4) is 0 Å². The molecule has 0 radical (unpaired) electrons. The summed E-state index contributed by atoms with van der Waals surface area (Å²) in [7, 11) is 1.79. The number of hydrogen-bond acceptors (Lipinski definition) is 3. The Kier molecular flexibility index (Phi) is 4.79. The molecule has 1 aliphatic carbocycles. The smallest absolute Gasteiger partial charge is 0.253 e. The zero-order valence-corrected chi connectivity index (χ0v) is 13.6. The van der Waals surface area contributed by atoms with Crippen molar-refractivity contribution >= 4 is 17.5 Å². The Morgan fingerprint density at radius 3 is 2.58 bits per heavy atom. The van der Waals surface area contributed by atoms with Gasteiger partial charge in [0, 0.05) is 30.9 Å². The average molecular weight is 323 g/mol. The van der Waals surface area contributed by atoms with Gasteiger partial charge in [-0.25, -0.2) is 0 Å². The lowest BCUT2D eigenvalue weighted by molar-refractivity contribution is 0.0945. The summed E-state index contributed by atoms with van der Waals surface area (Å²) in [5.74, 6) is -0.195. The van der Waals surface area contributed by atoms with Crippen LogP contribution in [-0.4, -0.2) is 24.9 Å². The molecule has 1 fully saturated rings. The minimum atomic E-state index is -0.146. The predicted octanol–water partition coefficient (Wildman–Crippen LogP) is 2.55. The van der Waals surface area contributed by atoms with Crippen LogP contribution in [0.4, 0.5) is 5.69 Å². The van der Waals surface area contributed by atoms with E-state index in [1.165, 1.54) is 0 Å². The molecule has 5 heteroatoms. The molecule has 0 atom stereocenters. The molecule has 3 N–H and O–H groups in total. The van der Waals surface area contributed by atoms with Crippen LogP contribution in [0.25, 0.3) is 0 Å². The molecule has 3 rings (SSSR count). The Hall–Kier alpha value is -2.82. The van der Waals surface area contributed by atoms with Gasteiger partial charge < -0.3 is 16.0 Å². The minimum Gasteiger partial charge on any atom is -0.387 e. The Morgan fingerprint density at radius 1 is 1.04 bits per heavy atom. The second-order valence-electron chi connectivity index (χ2n) is 5.93. The molecule has 24 heavy (non-hydrogen) atoms. The predicted molar refractivity (Wildman–Crippen MR) is 94.1 cm³/mol. The normalized spacial score (nSPS) is 13.2. The summed E-state index contributed by atoms with van der Waals surface area (Å²) in [6, 6.07) is 15.0. The van der Waals surface area contributed by atoms with E-state index in [1.807, 2.05) is 36.4 Å². The SMILES string of the molecule is CNc1ccccc1C(=O)NCc1cccc(C(=O)NC2CC2)c1. The summed E-state index contributed by atoms with van der Waals surface area (Å²) in [5.41, 5.74) is 2.91. The van der Waals surface area contributed by atoms with E-state index in [0.29, 0.717) is 23.7 Å². The third-order valence-corrected chi connectivity index (χ3v) is 4.00. The molecule has 0 saturated heterocycles. The fourth-order valence-electron chi connectivity index (χ4n) is 2.50. The summed E-state index contributed by atoms with van der Waals surface area (Å²) >= 11 is 0. The molecule has 2 aromatic rings. The second-order valence-corrected chi connectivity index (χ2v) is 5.93. The van der Waals surface area contributed by atoms with E-state index < -0.39 is 0 Å². The van der Waals surface area contributed by atoms with Crippen LogP contribution in [-0.2, 0) is 6.54 Å². The molecule has 1 saturated carbocycles. The Balaban J connectivity index is 1.63. The van der Waals surface area contributed by atoms with Gasteiger partial charge in [0.2, 0.25) is 0 Å². The molecule has 0 unspecified atom stereocenters. The minimum absolute atomic E-state index is 0.0498. The van der Waals surface area contributed by atoms with Crippen molar-refractivity contribution in [3.8, 4) is 0 Å². The molecule has 0 bridgehead atoms. The number of nitrogens with one attached hydrogen (secondary N) is 3. The molecule has 124 valence electrons. The van der Waals surface area contributed by atoms with E-state index in [4.69, 9.17) is 0 Å². The summed E-state index contributed by atoms with van der Waals surface area (Å²) in [4.78, 5) is 24.4. The summed E-state index contributed by atoms with van der Waals surface area (Å²) in [5, 5.41) is 8.88. The van der Waals surface area contributed by atoms with Crippen molar-refractivity contribution in [3.05, 3.63) is 65.2 Å². The maximum Gasteiger partial charge on any atom is 0.253 e. The Morgan fingerprint density at radius 2 is 1.83 bits per heavy atom. The number of anilines is 1. The van der Waals surface area contributed by atoms with Gasteiger partial charge in [-0.2, -0.15) is 0 Å². The van der Waals surface area contributed by atoms with Crippen LogP contribution >= 0.6 is 0 Å². The van der Waals surface area contributed by atoms with Crippen molar-refractivity contribution in [3.63, 3.8) is 0 Å². The van der Waals surface area contributed by atoms with Crippen molar-refractivity contribution < 1.29 is 9.59 Å². The molecular weight excluding hydrogens is 302 g/mol. The van der Waals surface area contributed by atoms with Crippen molar-refractivity contribution in [2.75, 3.05) is 12.4 Å². The van der Waals surface area contributed by atoms with E-state index in [0.717, 1.165) is 24.1 Å². The van der Waals surface area contributed by atoms with E-state index in [9.17, 15) is 9.59 Å². The monoisotopic (exact) mass is 323 g/mol. The second kappa shape index (κ2) is 7.17. The third kappa shape index (κ3) is 3.93. The third-order valence-electron chi connectivity index (χ3n) is 4.00. The van der Waals surface area contributed by atoms with Crippen molar-refractivity contribution in [2.45, 2.75) is 25.4 Å². The largest absolute Gasteiger partial charge is 0.387 e. The molecule has 2 aromatic carbocycles. The lowest BCUT2D eigenvalue weighted by atomic mass is 10.1. The quantitative estimate of drug-likeness (QED) is 0.765. The average Bonchev–Trinajstić information content (AvgIpc) is 3.43. The van der Waals surface area contributed by atoms with Crippen molar-refractivity contribution in [2.24, 2.45) is 0 Å². The number of carbonyl (C=O) groups excluding carboxylic acids is 2. The lowest BCUT2D eigenvalue weighted by Crippen LogP contribution is -2.26. The summed E-state index contributed by atoms with van der Waals surface area (Å²) in [6.45, 7) is 0.376. The standard InChI is InChI=1S/C19H21N3O2/c1-20-17-8-3-2-7-16(17)19(24)21-12-13-5-4-6-14(11-13)18(23)22-15-9-10-15/h2-8,11,15,20H,9-10,12H2,1H3,(H,21,24)(H,22,23). The molecule has 0 aromatic heterocycles. The van der Waals surface area contributed by atoms with Gasteiger partial charge in [0.1, 0.15) is 0 Å². The van der Waals surface area contributed by atoms with Gasteiger partial charge in [-0.3, -0.25) is 9.59 Å². The fraction of sp³-hybridized carbons (Fsp3) is 0.263. The fourth-order valence-corrected chi connectivity index (χ4v) is 2.50. The van der Waals surface area contributed by atoms with E-state index in [-0.39, 0.29) is 11.8 Å². The number of rotatable bonds is 6. The summed E-state index contributed by atoms with van der Waals surface area (Å²) in [6.07, 6.45) is 2.12. The van der Waals surface area contributed by atoms with Crippen molar-refractivity contribution in [1.82, 2.24) is 10.6 Å². The highest BCUT2D eigenvalue weighted by Gasteiger charge is 2.23. The van der Waals surface area contributed by atoms with Gasteiger partial charge in [0.15, 0.2) is 0 Å². The van der Waals surface area contributed by atoms with E-state index >= 15 is 0 Å². The van der Waals surface area contributed by atoms with Gasteiger partial charge in [-0.1, -0.05) is 24.3 Å². The van der Waals surface area contributed by atoms with Crippen LogP contribution < -0.4 is 16.0 Å². The van der Waals surface area contributed by atoms with Crippen LogP contribution in [0.15, 0.2) is 48.5 Å². The first-order chi connectivity index (χ1) is 11.7. The van der Waals surface area contributed by atoms with E-state index in [1.54, 1.807) is 19.2 Å². The highest BCUT2D eigenvalue weighted by Crippen LogP contribution is 2.19. The Labute approximate surface area is 141 Å². The number of hydrogen-bond donors (Lipinski definition) is 3. The van der Waals surface area contributed by atoms with Gasteiger partial charge in [0.25, 0.3) is 11.8 Å². The topological polar surface area (TPSA) is 70.2 Å². The van der Waals surface area contributed by atoms with Gasteiger partial charge in [0.05, 0.1) is 5.56 Å². The first-order valence-corrected chi connectivity index (χ1v) is 8.12. The maximum absolute atomic E-state index is 12.3. The van der Waals surface area contributed by atoms with Gasteiger partial charge in [-0.15, -0.1) is 0 Å². The summed E-state index contributed by atoms with van der Waals surface area (Å²) < 4.78 is 0. The molecule has 1 aliphatic rings. The first kappa shape index (κ1) is 16.1. The number of carbonyl (C=O) groups is 2. The highest BCUT2D eigenvalue weighted by molar-refractivity contribution is 5.99. The van der Waals surface area contributed by atoms with Crippen LogP contribution in [0, 0.1) is 0 Å². The zero-order valence-electron chi connectivity index (χ0n) is 13.6. The van der Waals surface area contributed by atoms with Crippen LogP contribution in [0.5, 0.6) is 0 Å². The van der Waals surface area contributed by atoms with Crippen molar-refractivity contribution in [1.29, 1.82) is 0 Å². The van der Waals surface area contributed by atoms with Gasteiger partial charge >= 0.3 is 0 Å². The number of benzene rings is 2. The van der Waals surface area contributed by atoms with Crippen LogP contribution in [0.1, 0.15) is 39.1 Å². The first-order valence-electron chi connectivity index (χ1n) is 8.12. The molecule has 0 heterocycles. The number of para-hydroxylation sites is 1. The van der Waals surface area contributed by atoms with Crippen LogP contribution in [0.2, 0.25) is 0 Å². The Bertz CT molecular complexity index is 754. The molecule has 0 aliphatic heterocycles. The zero-order chi connectivity index (χ0) is 16.9. The van der Waals surface area contributed by atoms with E-state index in [2.05, 4.69) is 16.0 Å².